The van der Waals surface area contributed by atoms with Crippen LogP contribution in [0.2, 0.25) is 0 Å². The molecule has 5 nitrogen and oxygen atoms in total. The summed E-state index contributed by atoms with van der Waals surface area (Å²) < 4.78 is 19.5. The summed E-state index contributed by atoms with van der Waals surface area (Å²) >= 11 is 1.68. The Hall–Kier alpha value is -3.45. The van der Waals surface area contributed by atoms with E-state index in [0.717, 1.165) is 39.3 Å². The molecule has 4 aromatic rings. The maximum atomic E-state index is 13.7. The van der Waals surface area contributed by atoms with Crippen LogP contribution in [0.3, 0.4) is 0 Å². The number of fused-ring (bicyclic) bond motifs is 1. The van der Waals surface area contributed by atoms with Crippen LogP contribution in [0.15, 0.2) is 76.0 Å². The third kappa shape index (κ3) is 4.16. The van der Waals surface area contributed by atoms with Crippen LogP contribution in [0.1, 0.15) is 33.9 Å². The zero-order valence-electron chi connectivity index (χ0n) is 17.3. The number of nitrogens with zero attached hydrogens (tertiary/aromatic N) is 2. The first-order valence-electron chi connectivity index (χ1n) is 10.3. The predicted octanol–water partition coefficient (Wildman–Crippen LogP) is 5.82. The molecule has 0 spiro atoms. The Labute approximate surface area is 189 Å². The number of thioether (sulfide) groups is 1. The van der Waals surface area contributed by atoms with Gasteiger partial charge in [-0.2, -0.15) is 0 Å². The van der Waals surface area contributed by atoms with Crippen LogP contribution in [-0.4, -0.2) is 21.9 Å². The molecule has 0 saturated carbocycles. The van der Waals surface area contributed by atoms with Gasteiger partial charge in [-0.15, -0.1) is 22.0 Å². The Morgan fingerprint density at radius 1 is 1.00 bits per heavy atom. The van der Waals surface area contributed by atoms with E-state index in [2.05, 4.69) is 15.5 Å². The number of hydrogen-bond donors (Lipinski definition) is 1. The highest BCUT2D eigenvalue weighted by Gasteiger charge is 2.23. The summed E-state index contributed by atoms with van der Waals surface area (Å²) in [4.78, 5) is 13.8. The number of halogens is 1. The summed E-state index contributed by atoms with van der Waals surface area (Å²) in [6.07, 6.45) is 0.759. The number of amides is 1. The van der Waals surface area contributed by atoms with Crippen molar-refractivity contribution in [3.63, 3.8) is 0 Å². The molecule has 0 bridgehead atoms. The highest BCUT2D eigenvalue weighted by Crippen LogP contribution is 2.36. The van der Waals surface area contributed by atoms with Gasteiger partial charge in [0.15, 0.2) is 0 Å². The first-order chi connectivity index (χ1) is 15.6. The van der Waals surface area contributed by atoms with Gasteiger partial charge in [0.05, 0.1) is 6.04 Å². The predicted molar refractivity (Wildman–Crippen MR) is 122 cm³/mol. The molecule has 5 rings (SSSR count). The number of aromatic nitrogens is 2. The number of rotatable bonds is 4. The van der Waals surface area contributed by atoms with Crippen molar-refractivity contribution < 1.29 is 13.6 Å². The topological polar surface area (TPSA) is 68.0 Å². The standard InChI is InChI=1S/C25H20FN3O2S/c1-15-2-4-17(5-3-15)24-28-29-25(31-24)18-8-6-16(7-9-18)23(30)27-21-12-13-32-22-11-10-19(26)14-20(21)22/h2-11,14,21H,12-13H2,1H3,(H,27,30)/t21-/m0/s1. The molecular weight excluding hydrogens is 425 g/mol. The SMILES string of the molecule is Cc1ccc(-c2nnc(-c3ccc(C(=O)N[C@H]4CCSc5ccc(F)cc54)cc3)o2)cc1. The first-order valence-corrected chi connectivity index (χ1v) is 11.3. The van der Waals surface area contributed by atoms with Crippen LogP contribution in [0, 0.1) is 12.7 Å². The summed E-state index contributed by atoms with van der Waals surface area (Å²) in [5.41, 5.74) is 4.09. The average molecular weight is 446 g/mol. The van der Waals surface area contributed by atoms with Crippen molar-refractivity contribution in [2.45, 2.75) is 24.3 Å². The third-order valence-corrected chi connectivity index (χ3v) is 6.56. The fourth-order valence-electron chi connectivity index (χ4n) is 3.67. The van der Waals surface area contributed by atoms with Gasteiger partial charge in [0.25, 0.3) is 5.91 Å². The molecule has 1 N–H and O–H groups in total. The maximum Gasteiger partial charge on any atom is 0.251 e. The summed E-state index contributed by atoms with van der Waals surface area (Å²) in [6.45, 7) is 2.02. The van der Waals surface area contributed by atoms with Gasteiger partial charge in [0, 0.05) is 27.3 Å². The smallest absolute Gasteiger partial charge is 0.251 e. The molecule has 0 saturated heterocycles. The number of hydrogen-bond acceptors (Lipinski definition) is 5. The zero-order valence-corrected chi connectivity index (χ0v) is 18.2. The lowest BCUT2D eigenvalue weighted by Crippen LogP contribution is -2.30. The lowest BCUT2D eigenvalue weighted by Gasteiger charge is -2.26. The zero-order chi connectivity index (χ0) is 22.1. The molecule has 0 fully saturated rings. The molecule has 1 aromatic heterocycles. The molecule has 1 atom stereocenters. The van der Waals surface area contributed by atoms with E-state index in [9.17, 15) is 9.18 Å². The van der Waals surface area contributed by atoms with E-state index >= 15 is 0 Å². The van der Waals surface area contributed by atoms with Gasteiger partial charge >= 0.3 is 0 Å². The summed E-state index contributed by atoms with van der Waals surface area (Å²) in [7, 11) is 0. The molecule has 7 heteroatoms. The van der Waals surface area contributed by atoms with Crippen LogP contribution in [0.25, 0.3) is 22.9 Å². The van der Waals surface area contributed by atoms with Gasteiger partial charge < -0.3 is 9.73 Å². The Kier molecular flexibility index (Phi) is 5.49. The second kappa shape index (κ2) is 8.59. The third-order valence-electron chi connectivity index (χ3n) is 5.43. The molecule has 32 heavy (non-hydrogen) atoms. The second-order valence-corrected chi connectivity index (χ2v) is 8.84. The lowest BCUT2D eigenvalue weighted by molar-refractivity contribution is 0.0935. The Bertz CT molecular complexity index is 1270. The van der Waals surface area contributed by atoms with Gasteiger partial charge in [-0.3, -0.25) is 4.79 Å². The van der Waals surface area contributed by atoms with Crippen LogP contribution < -0.4 is 5.32 Å². The van der Waals surface area contributed by atoms with Crippen molar-refractivity contribution in [1.82, 2.24) is 15.5 Å². The van der Waals surface area contributed by atoms with Crippen LogP contribution in [-0.2, 0) is 0 Å². The van der Waals surface area contributed by atoms with Crippen LogP contribution in [0.4, 0.5) is 4.39 Å². The molecule has 1 aliphatic heterocycles. The molecule has 1 aliphatic rings. The molecule has 3 aromatic carbocycles. The maximum absolute atomic E-state index is 13.7. The van der Waals surface area contributed by atoms with E-state index < -0.39 is 0 Å². The van der Waals surface area contributed by atoms with Crippen molar-refractivity contribution in [1.29, 1.82) is 0 Å². The monoisotopic (exact) mass is 445 g/mol. The number of carbonyl (C=O) groups excluding carboxylic acids is 1. The van der Waals surface area contributed by atoms with Gasteiger partial charge in [-0.25, -0.2) is 4.39 Å². The van der Waals surface area contributed by atoms with Gasteiger partial charge in [-0.1, -0.05) is 17.7 Å². The largest absolute Gasteiger partial charge is 0.416 e. The molecule has 160 valence electrons. The molecule has 0 aliphatic carbocycles. The van der Waals surface area contributed by atoms with Crippen molar-refractivity contribution in [3.8, 4) is 22.9 Å². The van der Waals surface area contributed by atoms with Gasteiger partial charge in [0.1, 0.15) is 5.82 Å². The van der Waals surface area contributed by atoms with Gasteiger partial charge in [-0.05, 0) is 73.5 Å². The number of carbonyl (C=O) groups is 1. The molecular formula is C25H20FN3O2S. The number of nitrogens with one attached hydrogen (secondary N) is 1. The van der Waals surface area contributed by atoms with E-state index in [1.807, 2.05) is 31.2 Å². The highest BCUT2D eigenvalue weighted by atomic mass is 32.2. The fourth-order valence-corrected chi connectivity index (χ4v) is 4.78. The summed E-state index contributed by atoms with van der Waals surface area (Å²) in [5.74, 6) is 1.22. The first kappa shape index (κ1) is 20.5. The minimum Gasteiger partial charge on any atom is -0.416 e. The summed E-state index contributed by atoms with van der Waals surface area (Å²) in [5, 5.41) is 11.3. The number of benzene rings is 3. The highest BCUT2D eigenvalue weighted by molar-refractivity contribution is 7.99. The molecule has 2 heterocycles. The van der Waals surface area contributed by atoms with Crippen LogP contribution in [0.5, 0.6) is 0 Å². The Balaban J connectivity index is 1.31. The second-order valence-electron chi connectivity index (χ2n) is 7.70. The molecule has 0 radical (unpaired) electrons. The van der Waals surface area contributed by atoms with Crippen molar-refractivity contribution in [2.75, 3.05) is 5.75 Å². The fraction of sp³-hybridized carbons (Fsp3) is 0.160. The van der Waals surface area contributed by atoms with Crippen molar-refractivity contribution >= 4 is 17.7 Å². The van der Waals surface area contributed by atoms with E-state index in [-0.39, 0.29) is 17.8 Å². The van der Waals surface area contributed by atoms with Crippen molar-refractivity contribution in [3.05, 3.63) is 89.2 Å². The average Bonchev–Trinajstić information content (AvgIpc) is 3.30. The lowest BCUT2D eigenvalue weighted by atomic mass is 10.0. The van der Waals surface area contributed by atoms with Crippen molar-refractivity contribution in [2.24, 2.45) is 0 Å². The van der Waals surface area contributed by atoms with E-state index in [1.54, 1.807) is 42.1 Å². The van der Waals surface area contributed by atoms with E-state index in [1.165, 1.54) is 12.1 Å². The summed E-state index contributed by atoms with van der Waals surface area (Å²) in [6, 6.07) is 19.4. The normalized spacial score (nSPS) is 15.2. The molecule has 1 amide bonds. The molecule has 0 unspecified atom stereocenters. The van der Waals surface area contributed by atoms with E-state index in [0.29, 0.717) is 17.3 Å². The quantitative estimate of drug-likeness (QED) is 0.429. The Morgan fingerprint density at radius 2 is 1.66 bits per heavy atom. The Morgan fingerprint density at radius 3 is 2.34 bits per heavy atom. The minimum absolute atomic E-state index is 0.200. The minimum atomic E-state index is -0.292. The van der Waals surface area contributed by atoms with E-state index in [4.69, 9.17) is 4.42 Å². The number of aryl methyl sites for hydroxylation is 1. The van der Waals surface area contributed by atoms with Gasteiger partial charge in [0.2, 0.25) is 11.8 Å². The van der Waals surface area contributed by atoms with Crippen LogP contribution >= 0.6 is 11.8 Å².